The third-order valence-corrected chi connectivity index (χ3v) is 4.87. The van der Waals surface area contributed by atoms with Crippen molar-refractivity contribution < 1.29 is 4.79 Å². The van der Waals surface area contributed by atoms with E-state index in [1.165, 1.54) is 29.6 Å². The van der Waals surface area contributed by atoms with Crippen LogP contribution in [0.5, 0.6) is 0 Å². The Morgan fingerprint density at radius 2 is 2.14 bits per heavy atom. The van der Waals surface area contributed by atoms with Gasteiger partial charge in [-0.3, -0.25) is 14.2 Å². The third kappa shape index (κ3) is 3.06. The first-order valence-electron chi connectivity index (χ1n) is 7.26. The fourth-order valence-corrected chi connectivity index (χ4v) is 3.44. The number of aryl methyl sites for hydroxylation is 1. The van der Waals surface area contributed by atoms with E-state index in [9.17, 15) is 9.59 Å². The Hall–Kier alpha value is -2.08. The fourth-order valence-electron chi connectivity index (χ4n) is 2.38. The summed E-state index contributed by atoms with van der Waals surface area (Å²) in [4.78, 5) is 28.4. The van der Waals surface area contributed by atoms with Crippen LogP contribution in [-0.2, 0) is 17.8 Å². The van der Waals surface area contributed by atoms with Crippen LogP contribution in [0.1, 0.15) is 12.5 Å². The summed E-state index contributed by atoms with van der Waals surface area (Å²) in [6.07, 6.45) is 2.48. The molecule has 2 heterocycles. The van der Waals surface area contributed by atoms with Crippen LogP contribution in [-0.4, -0.2) is 21.2 Å². The normalized spacial score (nSPS) is 16.9. The van der Waals surface area contributed by atoms with E-state index >= 15 is 0 Å². The van der Waals surface area contributed by atoms with Crippen molar-refractivity contribution in [2.24, 2.45) is 5.92 Å². The predicted molar refractivity (Wildman–Crippen MR) is 87.2 cm³/mol. The molecule has 0 fully saturated rings. The van der Waals surface area contributed by atoms with Gasteiger partial charge in [-0.2, -0.15) is 0 Å². The van der Waals surface area contributed by atoms with Crippen LogP contribution in [0, 0.1) is 5.92 Å². The molecule has 0 saturated carbocycles. The molecule has 0 radical (unpaired) electrons. The van der Waals surface area contributed by atoms with Crippen LogP contribution in [0.4, 0.5) is 5.69 Å². The molecular weight excluding hydrogens is 298 g/mol. The maximum atomic E-state index is 12.4. The second-order valence-corrected chi connectivity index (χ2v) is 6.21. The van der Waals surface area contributed by atoms with Crippen LogP contribution < -0.4 is 10.9 Å². The molecular formula is C16H17N3O2S. The molecule has 1 amide bonds. The second-order valence-electron chi connectivity index (χ2n) is 5.22. The Bertz CT molecular complexity index is 740. The van der Waals surface area contributed by atoms with Crippen molar-refractivity contribution in [3.8, 4) is 0 Å². The summed E-state index contributed by atoms with van der Waals surface area (Å²) in [5.41, 5.74) is 1.91. The zero-order valence-electron chi connectivity index (χ0n) is 12.3. The number of thioether (sulfide) groups is 1. The SMILES string of the molecule is CCc1ccc(NC(=O)C2CSc3nccc(=O)n3C2)cc1. The monoisotopic (exact) mass is 315 g/mol. The van der Waals surface area contributed by atoms with Gasteiger partial charge >= 0.3 is 0 Å². The number of benzene rings is 1. The lowest BCUT2D eigenvalue weighted by molar-refractivity contribution is -0.119. The molecule has 22 heavy (non-hydrogen) atoms. The van der Waals surface area contributed by atoms with Crippen molar-refractivity contribution in [2.45, 2.75) is 25.0 Å². The van der Waals surface area contributed by atoms with Gasteiger partial charge in [-0.25, -0.2) is 4.98 Å². The number of nitrogens with zero attached hydrogens (tertiary/aromatic N) is 2. The minimum Gasteiger partial charge on any atom is -0.326 e. The molecule has 6 heteroatoms. The number of hydrogen-bond donors (Lipinski definition) is 1. The van der Waals surface area contributed by atoms with E-state index in [4.69, 9.17) is 0 Å². The van der Waals surface area contributed by atoms with Crippen molar-refractivity contribution in [2.75, 3.05) is 11.1 Å². The zero-order valence-corrected chi connectivity index (χ0v) is 13.1. The summed E-state index contributed by atoms with van der Waals surface area (Å²) < 4.78 is 1.57. The van der Waals surface area contributed by atoms with Gasteiger partial charge in [0.15, 0.2) is 5.16 Å². The molecule has 3 rings (SSSR count). The standard InChI is InChI=1S/C16H17N3O2S/c1-2-11-3-5-13(6-4-11)18-15(21)12-9-19-14(20)7-8-17-16(19)22-10-12/h3-8,12H,2,9-10H2,1H3,(H,18,21). The molecule has 1 aliphatic rings. The summed E-state index contributed by atoms with van der Waals surface area (Å²) >= 11 is 1.45. The number of hydrogen-bond acceptors (Lipinski definition) is 4. The van der Waals surface area contributed by atoms with Gasteiger partial charge in [-0.05, 0) is 24.1 Å². The van der Waals surface area contributed by atoms with Crippen molar-refractivity contribution in [3.05, 3.63) is 52.4 Å². The lowest BCUT2D eigenvalue weighted by Gasteiger charge is -2.23. The second kappa shape index (κ2) is 6.36. The molecule has 114 valence electrons. The number of amides is 1. The van der Waals surface area contributed by atoms with Gasteiger partial charge in [0.05, 0.1) is 5.92 Å². The highest BCUT2D eigenvalue weighted by molar-refractivity contribution is 7.99. The quantitative estimate of drug-likeness (QED) is 0.882. The highest BCUT2D eigenvalue weighted by atomic mass is 32.2. The molecule has 1 atom stereocenters. The number of carbonyl (C=O) groups excluding carboxylic acids is 1. The van der Waals surface area contributed by atoms with Crippen LogP contribution in [0.2, 0.25) is 0 Å². The minimum atomic E-state index is -0.231. The molecule has 5 nitrogen and oxygen atoms in total. The number of rotatable bonds is 3. The Morgan fingerprint density at radius 1 is 1.36 bits per heavy atom. The third-order valence-electron chi connectivity index (χ3n) is 3.72. The molecule has 1 aromatic carbocycles. The van der Waals surface area contributed by atoms with Gasteiger partial charge < -0.3 is 5.32 Å². The Morgan fingerprint density at radius 3 is 2.86 bits per heavy atom. The summed E-state index contributed by atoms with van der Waals surface area (Å²) in [6, 6.07) is 9.26. The van der Waals surface area contributed by atoms with E-state index in [0.29, 0.717) is 17.5 Å². The highest BCUT2D eigenvalue weighted by Gasteiger charge is 2.26. The lowest BCUT2D eigenvalue weighted by atomic mass is 10.1. The first-order chi connectivity index (χ1) is 10.7. The van der Waals surface area contributed by atoms with Crippen molar-refractivity contribution in [3.63, 3.8) is 0 Å². The Kier molecular flexibility index (Phi) is 4.29. The predicted octanol–water partition coefficient (Wildman–Crippen LogP) is 2.17. The molecule has 1 unspecified atom stereocenters. The molecule has 1 aliphatic heterocycles. The van der Waals surface area contributed by atoms with E-state index in [-0.39, 0.29) is 17.4 Å². The largest absolute Gasteiger partial charge is 0.326 e. The maximum Gasteiger partial charge on any atom is 0.254 e. The van der Waals surface area contributed by atoms with Crippen molar-refractivity contribution >= 4 is 23.4 Å². The molecule has 0 bridgehead atoms. The Labute approximate surface area is 132 Å². The topological polar surface area (TPSA) is 64.0 Å². The van der Waals surface area contributed by atoms with Crippen molar-refractivity contribution in [1.29, 1.82) is 0 Å². The lowest BCUT2D eigenvalue weighted by Crippen LogP contribution is -2.36. The average Bonchev–Trinajstić information content (AvgIpc) is 2.55. The highest BCUT2D eigenvalue weighted by Crippen LogP contribution is 2.25. The van der Waals surface area contributed by atoms with Crippen LogP contribution >= 0.6 is 11.8 Å². The molecule has 0 saturated heterocycles. The molecule has 1 N–H and O–H groups in total. The first-order valence-corrected chi connectivity index (χ1v) is 8.24. The number of aromatic nitrogens is 2. The minimum absolute atomic E-state index is 0.0573. The number of nitrogens with one attached hydrogen (secondary N) is 1. The summed E-state index contributed by atoms with van der Waals surface area (Å²) in [7, 11) is 0. The van der Waals surface area contributed by atoms with Gasteiger partial charge in [0, 0.05) is 30.2 Å². The van der Waals surface area contributed by atoms with Gasteiger partial charge in [-0.15, -0.1) is 0 Å². The maximum absolute atomic E-state index is 12.4. The zero-order chi connectivity index (χ0) is 15.5. The molecule has 1 aromatic heterocycles. The Balaban J connectivity index is 1.71. The summed E-state index contributed by atoms with van der Waals surface area (Å²) in [6.45, 7) is 2.48. The van der Waals surface area contributed by atoms with Gasteiger partial charge in [-0.1, -0.05) is 30.8 Å². The van der Waals surface area contributed by atoms with Gasteiger partial charge in [0.25, 0.3) is 5.56 Å². The molecule has 2 aromatic rings. The molecule has 0 spiro atoms. The van der Waals surface area contributed by atoms with Crippen LogP contribution in [0.15, 0.2) is 46.5 Å². The fraction of sp³-hybridized carbons (Fsp3) is 0.312. The molecule has 0 aliphatic carbocycles. The number of anilines is 1. The summed E-state index contributed by atoms with van der Waals surface area (Å²) in [5, 5.41) is 3.61. The van der Waals surface area contributed by atoms with E-state index in [1.54, 1.807) is 4.57 Å². The average molecular weight is 315 g/mol. The van der Waals surface area contributed by atoms with E-state index in [0.717, 1.165) is 12.1 Å². The van der Waals surface area contributed by atoms with E-state index in [1.807, 2.05) is 24.3 Å². The summed E-state index contributed by atoms with van der Waals surface area (Å²) in [5.74, 6) is 0.346. The van der Waals surface area contributed by atoms with Gasteiger partial charge in [0.1, 0.15) is 0 Å². The van der Waals surface area contributed by atoms with E-state index in [2.05, 4.69) is 17.2 Å². The van der Waals surface area contributed by atoms with Gasteiger partial charge in [0.2, 0.25) is 5.91 Å². The first kappa shape index (κ1) is 14.8. The number of carbonyl (C=O) groups is 1. The van der Waals surface area contributed by atoms with Crippen LogP contribution in [0.3, 0.4) is 0 Å². The van der Waals surface area contributed by atoms with Crippen molar-refractivity contribution in [1.82, 2.24) is 9.55 Å². The van der Waals surface area contributed by atoms with E-state index < -0.39 is 0 Å². The van der Waals surface area contributed by atoms with Crippen LogP contribution in [0.25, 0.3) is 0 Å². The smallest absolute Gasteiger partial charge is 0.254 e. The number of fused-ring (bicyclic) bond motifs is 1.